The fourth-order valence-electron chi connectivity index (χ4n) is 1.79. The Morgan fingerprint density at radius 3 is 2.45 bits per heavy atom. The number of anilines is 1. The van der Waals surface area contributed by atoms with Crippen LogP contribution in [0.5, 0.6) is 11.5 Å². The fraction of sp³-hybridized carbons (Fsp3) is 0.231. The highest BCUT2D eigenvalue weighted by atomic mass is 32.2. The lowest BCUT2D eigenvalue weighted by Crippen LogP contribution is -2.27. The molecule has 2 N–H and O–H groups in total. The molecule has 0 aliphatic rings. The van der Waals surface area contributed by atoms with Gasteiger partial charge in [0, 0.05) is 7.05 Å². The van der Waals surface area contributed by atoms with Crippen LogP contribution in [-0.4, -0.2) is 31.4 Å². The van der Waals surface area contributed by atoms with Crippen molar-refractivity contribution in [2.45, 2.75) is 6.92 Å². The van der Waals surface area contributed by atoms with E-state index in [9.17, 15) is 27.4 Å². The van der Waals surface area contributed by atoms with Crippen LogP contribution in [0.2, 0.25) is 0 Å². The van der Waals surface area contributed by atoms with Crippen LogP contribution in [-0.2, 0) is 10.0 Å². The Balaban J connectivity index is 2.63. The topological polar surface area (TPSA) is 91.0 Å². The van der Waals surface area contributed by atoms with E-state index >= 15 is 0 Å². The number of rotatable bonds is 4. The molecule has 0 bridgehead atoms. The molecule has 6 nitrogen and oxygen atoms in total. The van der Waals surface area contributed by atoms with Gasteiger partial charge in [0.15, 0.2) is 5.76 Å². The van der Waals surface area contributed by atoms with Crippen LogP contribution in [0.15, 0.2) is 22.6 Å². The smallest absolute Gasteiger partial charge is 0.256 e. The summed E-state index contributed by atoms with van der Waals surface area (Å²) in [5.41, 5.74) is -0.443. The van der Waals surface area contributed by atoms with Gasteiger partial charge in [0.25, 0.3) is 5.88 Å². The van der Waals surface area contributed by atoms with Gasteiger partial charge in [-0.05, 0) is 25.1 Å². The standard InChI is InChI=1S/C13H13F2NO5S/c1-3-22(19,20)16(2)13-11(18)10(17)12(21-13)8-6-7(14)4-5-9(8)15/h4-6,17-18H,3H2,1-2H3. The molecule has 120 valence electrons. The lowest BCUT2D eigenvalue weighted by Gasteiger charge is -2.14. The molecule has 2 aromatic rings. The molecule has 0 fully saturated rings. The van der Waals surface area contributed by atoms with Crippen molar-refractivity contribution in [1.82, 2.24) is 0 Å². The molecule has 22 heavy (non-hydrogen) atoms. The maximum Gasteiger partial charge on any atom is 0.256 e. The molecule has 0 aliphatic heterocycles. The molecular weight excluding hydrogens is 320 g/mol. The van der Waals surface area contributed by atoms with Gasteiger partial charge in [-0.2, -0.15) is 0 Å². The molecule has 0 atom stereocenters. The number of sulfonamides is 1. The van der Waals surface area contributed by atoms with Crippen LogP contribution in [0.3, 0.4) is 0 Å². The third-order valence-corrected chi connectivity index (χ3v) is 4.81. The second kappa shape index (κ2) is 5.48. The number of aromatic hydroxyl groups is 2. The van der Waals surface area contributed by atoms with E-state index in [-0.39, 0.29) is 5.75 Å². The molecule has 0 spiro atoms. The van der Waals surface area contributed by atoms with Gasteiger partial charge in [0.1, 0.15) is 11.6 Å². The molecule has 9 heteroatoms. The highest BCUT2D eigenvalue weighted by molar-refractivity contribution is 7.92. The van der Waals surface area contributed by atoms with E-state index in [1.54, 1.807) is 0 Å². The molecule has 0 saturated heterocycles. The zero-order valence-electron chi connectivity index (χ0n) is 11.7. The lowest BCUT2D eigenvalue weighted by atomic mass is 10.1. The highest BCUT2D eigenvalue weighted by Gasteiger charge is 2.29. The largest absolute Gasteiger partial charge is 0.502 e. The van der Waals surface area contributed by atoms with Gasteiger partial charge in [0.2, 0.25) is 21.5 Å². The number of furan rings is 1. The zero-order chi connectivity index (χ0) is 16.7. The molecule has 0 saturated carbocycles. The minimum Gasteiger partial charge on any atom is -0.502 e. The Bertz CT molecular complexity index is 816. The van der Waals surface area contributed by atoms with Crippen molar-refractivity contribution < 1.29 is 31.8 Å². The lowest BCUT2D eigenvalue weighted by molar-refractivity contribution is 0.409. The predicted molar refractivity (Wildman–Crippen MR) is 75.3 cm³/mol. The van der Waals surface area contributed by atoms with Crippen molar-refractivity contribution in [1.29, 1.82) is 0 Å². The summed E-state index contributed by atoms with van der Waals surface area (Å²) in [5, 5.41) is 19.6. The van der Waals surface area contributed by atoms with Gasteiger partial charge in [-0.3, -0.25) is 0 Å². The average Bonchev–Trinajstić information content (AvgIpc) is 2.77. The van der Waals surface area contributed by atoms with E-state index in [2.05, 4.69) is 0 Å². The first kappa shape index (κ1) is 16.1. The zero-order valence-corrected chi connectivity index (χ0v) is 12.5. The monoisotopic (exact) mass is 333 g/mol. The molecular formula is C13H13F2NO5S. The first-order valence-corrected chi connectivity index (χ1v) is 7.76. The van der Waals surface area contributed by atoms with Gasteiger partial charge in [-0.15, -0.1) is 0 Å². The average molecular weight is 333 g/mol. The van der Waals surface area contributed by atoms with Crippen molar-refractivity contribution >= 4 is 15.9 Å². The fourth-order valence-corrected chi connectivity index (χ4v) is 2.55. The third kappa shape index (κ3) is 2.59. The Morgan fingerprint density at radius 1 is 1.23 bits per heavy atom. The van der Waals surface area contributed by atoms with Gasteiger partial charge < -0.3 is 14.6 Å². The Hall–Kier alpha value is -2.29. The highest BCUT2D eigenvalue weighted by Crippen LogP contribution is 2.47. The molecule has 1 aromatic carbocycles. The Morgan fingerprint density at radius 2 is 1.86 bits per heavy atom. The Kier molecular flexibility index (Phi) is 4.01. The van der Waals surface area contributed by atoms with Gasteiger partial charge in [-0.25, -0.2) is 21.5 Å². The summed E-state index contributed by atoms with van der Waals surface area (Å²) in [7, 11) is -2.68. The quantitative estimate of drug-likeness (QED) is 0.897. The molecule has 0 unspecified atom stereocenters. The van der Waals surface area contributed by atoms with Crippen LogP contribution < -0.4 is 4.31 Å². The maximum atomic E-state index is 13.7. The van der Waals surface area contributed by atoms with Crippen molar-refractivity contribution in [3.8, 4) is 22.8 Å². The molecule has 0 amide bonds. The summed E-state index contributed by atoms with van der Waals surface area (Å²) in [5.74, 6) is -4.88. The van der Waals surface area contributed by atoms with E-state index < -0.39 is 50.4 Å². The van der Waals surface area contributed by atoms with Crippen LogP contribution in [0, 0.1) is 11.6 Å². The van der Waals surface area contributed by atoms with E-state index in [0.717, 1.165) is 25.2 Å². The minimum absolute atomic E-state index is 0.284. The SMILES string of the molecule is CCS(=O)(=O)N(C)c1oc(-c2cc(F)ccc2F)c(O)c1O. The molecule has 0 radical (unpaired) electrons. The second-order valence-electron chi connectivity index (χ2n) is 4.43. The predicted octanol–water partition coefficient (Wildman–Crippen LogP) is 2.42. The van der Waals surface area contributed by atoms with E-state index in [0.29, 0.717) is 4.31 Å². The summed E-state index contributed by atoms with van der Waals surface area (Å²) < 4.78 is 56.2. The van der Waals surface area contributed by atoms with E-state index in [1.807, 2.05) is 0 Å². The number of hydrogen-bond donors (Lipinski definition) is 2. The van der Waals surface area contributed by atoms with Crippen LogP contribution in [0.25, 0.3) is 11.3 Å². The minimum atomic E-state index is -3.78. The molecule has 1 aromatic heterocycles. The number of nitrogens with zero attached hydrogens (tertiary/aromatic N) is 1. The van der Waals surface area contributed by atoms with Crippen molar-refractivity contribution in [3.63, 3.8) is 0 Å². The van der Waals surface area contributed by atoms with Gasteiger partial charge in [0.05, 0.1) is 11.3 Å². The Labute approximate surface area is 125 Å². The van der Waals surface area contributed by atoms with Crippen molar-refractivity contribution in [3.05, 3.63) is 29.8 Å². The molecule has 2 rings (SSSR count). The number of benzene rings is 1. The summed E-state index contributed by atoms with van der Waals surface area (Å²) in [6.07, 6.45) is 0. The van der Waals surface area contributed by atoms with Crippen molar-refractivity contribution in [2.24, 2.45) is 0 Å². The number of hydrogen-bond acceptors (Lipinski definition) is 5. The summed E-state index contributed by atoms with van der Waals surface area (Å²) in [4.78, 5) is 0. The van der Waals surface area contributed by atoms with Gasteiger partial charge >= 0.3 is 0 Å². The molecule has 0 aliphatic carbocycles. The van der Waals surface area contributed by atoms with Crippen LogP contribution in [0.1, 0.15) is 6.92 Å². The first-order chi connectivity index (χ1) is 10.2. The summed E-state index contributed by atoms with van der Waals surface area (Å²) >= 11 is 0. The van der Waals surface area contributed by atoms with E-state index in [1.165, 1.54) is 6.92 Å². The van der Waals surface area contributed by atoms with E-state index in [4.69, 9.17) is 4.42 Å². The van der Waals surface area contributed by atoms with Crippen LogP contribution >= 0.6 is 0 Å². The second-order valence-corrected chi connectivity index (χ2v) is 6.71. The normalized spacial score (nSPS) is 11.6. The van der Waals surface area contributed by atoms with Crippen molar-refractivity contribution in [2.75, 3.05) is 17.1 Å². The van der Waals surface area contributed by atoms with Crippen LogP contribution in [0.4, 0.5) is 14.7 Å². The summed E-state index contributed by atoms with van der Waals surface area (Å²) in [6.45, 7) is 1.37. The summed E-state index contributed by atoms with van der Waals surface area (Å²) in [6, 6.07) is 2.44. The third-order valence-electron chi connectivity index (χ3n) is 3.08. The maximum absolute atomic E-state index is 13.7. The molecule has 1 heterocycles. The van der Waals surface area contributed by atoms with Gasteiger partial charge in [-0.1, -0.05) is 0 Å². The number of halogens is 2. The first-order valence-electron chi connectivity index (χ1n) is 6.15.